The fraction of sp³-hybridized carbons (Fsp3) is 0.450. The zero-order chi connectivity index (χ0) is 21.5. The van der Waals surface area contributed by atoms with Crippen molar-refractivity contribution in [3.05, 3.63) is 41.2 Å². The quantitative estimate of drug-likeness (QED) is 0.499. The second-order valence-electron chi connectivity index (χ2n) is 7.02. The number of hydrogen-bond donors (Lipinski definition) is 3. The molecule has 170 valence electrons. The van der Waals surface area contributed by atoms with E-state index in [-0.39, 0.29) is 23.5 Å². The molecule has 1 aliphatic rings. The number of carbonyl (C=O) groups is 1. The number of amides is 1. The van der Waals surface area contributed by atoms with E-state index in [1.807, 2.05) is 0 Å². The Labute approximate surface area is 186 Å². The number of nitrogens with zero attached hydrogens (tertiary/aromatic N) is 3. The van der Waals surface area contributed by atoms with Crippen molar-refractivity contribution in [1.82, 2.24) is 20.2 Å². The van der Waals surface area contributed by atoms with Crippen LogP contribution in [0.5, 0.6) is 5.75 Å². The molecule has 11 heteroatoms. The molecule has 1 aromatic carbocycles. The van der Waals surface area contributed by atoms with Crippen molar-refractivity contribution in [2.75, 3.05) is 51.4 Å². The van der Waals surface area contributed by atoms with E-state index in [0.717, 1.165) is 26.1 Å². The number of benzene rings is 1. The van der Waals surface area contributed by atoms with Crippen LogP contribution in [0.1, 0.15) is 16.8 Å². The minimum Gasteiger partial charge on any atom is -0.496 e. The predicted octanol–water partition coefficient (Wildman–Crippen LogP) is 0.827. The van der Waals surface area contributed by atoms with Gasteiger partial charge < -0.3 is 31.3 Å². The molecular weight excluding hydrogens is 424 g/mol. The Bertz CT molecular complexity index is 857. The number of nitrogens with two attached hydrogens (primary N) is 1. The Morgan fingerprint density at radius 3 is 2.74 bits per heavy atom. The molecule has 0 spiro atoms. The molecule has 10 nitrogen and oxygen atoms in total. The molecule has 0 saturated carbocycles. The fourth-order valence-electron chi connectivity index (χ4n) is 3.47. The zero-order valence-electron chi connectivity index (χ0n) is 17.6. The minimum absolute atomic E-state index is 0. The fourth-order valence-corrected chi connectivity index (χ4v) is 3.63. The largest absolute Gasteiger partial charge is 0.496 e. The number of methoxy groups -OCH3 is 2. The molecule has 2 atom stereocenters. The van der Waals surface area contributed by atoms with Crippen LogP contribution in [0.25, 0.3) is 0 Å². The van der Waals surface area contributed by atoms with Gasteiger partial charge in [0.2, 0.25) is 5.95 Å². The van der Waals surface area contributed by atoms with Crippen LogP contribution in [-0.4, -0.2) is 78.8 Å². The Morgan fingerprint density at radius 1 is 1.32 bits per heavy atom. The van der Waals surface area contributed by atoms with E-state index in [4.69, 9.17) is 26.8 Å². The summed E-state index contributed by atoms with van der Waals surface area (Å²) in [6.07, 6.45) is 4.03. The molecule has 2 aromatic rings. The number of aromatic nitrogens is 2. The Hall–Kier alpha value is -2.66. The molecule has 6 N–H and O–H groups in total. The van der Waals surface area contributed by atoms with E-state index in [0.29, 0.717) is 34.5 Å². The number of carbonyl (C=O) groups excluding carboxylic acids is 1. The molecule has 2 unspecified atom stereocenters. The van der Waals surface area contributed by atoms with Gasteiger partial charge in [-0.3, -0.25) is 9.69 Å². The lowest BCUT2D eigenvalue weighted by Crippen LogP contribution is -2.55. The lowest BCUT2D eigenvalue weighted by atomic mass is 10.0. The Morgan fingerprint density at radius 2 is 2.06 bits per heavy atom. The third-order valence-corrected chi connectivity index (χ3v) is 5.43. The zero-order valence-corrected chi connectivity index (χ0v) is 18.4. The molecule has 3 rings (SSSR count). The average Bonchev–Trinajstić information content (AvgIpc) is 2.76. The summed E-state index contributed by atoms with van der Waals surface area (Å²) in [7, 11) is 3.15. The van der Waals surface area contributed by atoms with Gasteiger partial charge >= 0.3 is 0 Å². The van der Waals surface area contributed by atoms with Crippen LogP contribution in [0.15, 0.2) is 30.6 Å². The van der Waals surface area contributed by atoms with Crippen LogP contribution < -0.4 is 21.1 Å². The molecular formula is C20H29ClN6O4. The van der Waals surface area contributed by atoms with Gasteiger partial charge in [0.05, 0.1) is 35.5 Å². The van der Waals surface area contributed by atoms with Crippen molar-refractivity contribution in [3.8, 4) is 5.75 Å². The first-order valence-corrected chi connectivity index (χ1v) is 10.1. The summed E-state index contributed by atoms with van der Waals surface area (Å²) in [5.41, 5.74) is 6.52. The number of piperidine rings is 1. The number of nitrogens with one attached hydrogen (secondary N) is 2. The predicted molar refractivity (Wildman–Crippen MR) is 120 cm³/mol. The van der Waals surface area contributed by atoms with Gasteiger partial charge in [-0.1, -0.05) is 11.6 Å². The van der Waals surface area contributed by atoms with Crippen LogP contribution >= 0.6 is 11.6 Å². The molecule has 1 aromatic heterocycles. The van der Waals surface area contributed by atoms with Crippen molar-refractivity contribution in [3.63, 3.8) is 0 Å². The number of halogens is 1. The number of likely N-dealkylation sites (tertiary alicyclic amines) is 1. The second kappa shape index (κ2) is 11.7. The van der Waals surface area contributed by atoms with Crippen molar-refractivity contribution >= 4 is 29.1 Å². The molecule has 0 aliphatic carbocycles. The SMILES string of the molecule is COc1cc(N)c(Cl)cc1C(=O)NC1CCN(CCNc2ncccn2)CC1OC.O. The van der Waals surface area contributed by atoms with Crippen molar-refractivity contribution in [2.45, 2.75) is 18.6 Å². The number of anilines is 2. The highest BCUT2D eigenvalue weighted by Crippen LogP contribution is 2.29. The van der Waals surface area contributed by atoms with Gasteiger partial charge in [-0.15, -0.1) is 0 Å². The van der Waals surface area contributed by atoms with Gasteiger partial charge in [0.25, 0.3) is 5.91 Å². The number of rotatable bonds is 8. The van der Waals surface area contributed by atoms with E-state index in [2.05, 4.69) is 25.5 Å². The van der Waals surface area contributed by atoms with Gasteiger partial charge in [0.1, 0.15) is 5.75 Å². The summed E-state index contributed by atoms with van der Waals surface area (Å²) in [6.45, 7) is 3.08. The monoisotopic (exact) mass is 452 g/mol. The van der Waals surface area contributed by atoms with Crippen LogP contribution in [0.2, 0.25) is 5.02 Å². The lowest BCUT2D eigenvalue weighted by molar-refractivity contribution is 0.00762. The van der Waals surface area contributed by atoms with E-state index in [1.165, 1.54) is 13.2 Å². The molecule has 1 amide bonds. The maximum Gasteiger partial charge on any atom is 0.255 e. The van der Waals surface area contributed by atoms with Crippen molar-refractivity contribution < 1.29 is 19.7 Å². The van der Waals surface area contributed by atoms with Gasteiger partial charge in [0.15, 0.2) is 0 Å². The summed E-state index contributed by atoms with van der Waals surface area (Å²) in [5.74, 6) is 0.728. The molecule has 0 radical (unpaired) electrons. The molecule has 1 aliphatic heterocycles. The molecule has 31 heavy (non-hydrogen) atoms. The van der Waals surface area contributed by atoms with Crippen LogP contribution in [-0.2, 0) is 4.74 Å². The average molecular weight is 453 g/mol. The third-order valence-electron chi connectivity index (χ3n) is 5.10. The summed E-state index contributed by atoms with van der Waals surface area (Å²) in [4.78, 5) is 23.4. The first-order valence-electron chi connectivity index (χ1n) is 9.71. The first kappa shape index (κ1) is 24.6. The standard InChI is InChI=1S/C20H27ClN6O3.H2O/c1-29-17-11-15(22)14(21)10-13(17)19(28)26-16-4-8-27(12-18(16)30-2)9-7-25-20-23-5-3-6-24-20;/h3,5-6,10-11,16,18H,4,7-9,12,22H2,1-2H3,(H,26,28)(H,23,24,25);1H2. The maximum absolute atomic E-state index is 12.8. The molecule has 1 saturated heterocycles. The van der Waals surface area contributed by atoms with E-state index in [9.17, 15) is 4.79 Å². The summed E-state index contributed by atoms with van der Waals surface area (Å²) >= 11 is 6.09. The molecule has 0 bridgehead atoms. The maximum atomic E-state index is 12.8. The normalized spacial score (nSPS) is 18.7. The summed E-state index contributed by atoms with van der Waals surface area (Å²) < 4.78 is 10.9. The minimum atomic E-state index is -0.267. The van der Waals surface area contributed by atoms with Gasteiger partial charge in [0, 0.05) is 51.7 Å². The smallest absolute Gasteiger partial charge is 0.255 e. The summed E-state index contributed by atoms with van der Waals surface area (Å²) in [5, 5.41) is 6.57. The third kappa shape index (κ3) is 6.41. The van der Waals surface area contributed by atoms with Gasteiger partial charge in [-0.25, -0.2) is 9.97 Å². The van der Waals surface area contributed by atoms with Gasteiger partial charge in [-0.05, 0) is 18.6 Å². The van der Waals surface area contributed by atoms with Crippen LogP contribution in [0.3, 0.4) is 0 Å². The molecule has 1 fully saturated rings. The Balaban J connectivity index is 0.00000341. The van der Waals surface area contributed by atoms with E-state index >= 15 is 0 Å². The van der Waals surface area contributed by atoms with Gasteiger partial charge in [-0.2, -0.15) is 0 Å². The highest BCUT2D eigenvalue weighted by atomic mass is 35.5. The van der Waals surface area contributed by atoms with Crippen LogP contribution in [0, 0.1) is 0 Å². The number of nitrogen functional groups attached to an aromatic ring is 1. The molecule has 2 heterocycles. The first-order chi connectivity index (χ1) is 14.5. The summed E-state index contributed by atoms with van der Waals surface area (Å²) in [6, 6.07) is 4.74. The van der Waals surface area contributed by atoms with Crippen molar-refractivity contribution in [2.24, 2.45) is 0 Å². The van der Waals surface area contributed by atoms with E-state index < -0.39 is 0 Å². The number of ether oxygens (including phenoxy) is 2. The van der Waals surface area contributed by atoms with Crippen molar-refractivity contribution in [1.29, 1.82) is 0 Å². The Kier molecular flexibility index (Phi) is 9.25. The van der Waals surface area contributed by atoms with E-state index in [1.54, 1.807) is 31.6 Å². The van der Waals surface area contributed by atoms with Crippen LogP contribution in [0.4, 0.5) is 11.6 Å². The highest BCUT2D eigenvalue weighted by molar-refractivity contribution is 6.33. The highest BCUT2D eigenvalue weighted by Gasteiger charge is 2.31. The topological polar surface area (TPSA) is 146 Å². The second-order valence-corrected chi connectivity index (χ2v) is 7.42. The number of hydrogen-bond acceptors (Lipinski definition) is 8. The lowest BCUT2D eigenvalue weighted by Gasteiger charge is -2.38.